The van der Waals surface area contributed by atoms with E-state index in [1.807, 2.05) is 111 Å². The third kappa shape index (κ3) is 13.8. The van der Waals surface area contributed by atoms with E-state index in [1.165, 1.54) is 0 Å². The molecule has 6 aliphatic heterocycles. The first kappa shape index (κ1) is 54.7. The molecule has 75 heavy (non-hydrogen) atoms. The van der Waals surface area contributed by atoms with Crippen LogP contribution in [0.2, 0.25) is 0 Å². The van der Waals surface area contributed by atoms with Gasteiger partial charge in [-0.1, -0.05) is 138 Å². The van der Waals surface area contributed by atoms with Crippen LogP contribution in [0.15, 0.2) is 134 Å². The summed E-state index contributed by atoms with van der Waals surface area (Å²) in [5.74, 6) is -2.21. The lowest BCUT2D eigenvalue weighted by atomic mass is 9.72. The topological polar surface area (TPSA) is 209 Å². The van der Waals surface area contributed by atoms with Crippen LogP contribution in [0.3, 0.4) is 0 Å². The SMILES string of the molecule is C.C=C1CC(C)(c2ccc(C3(C)CC(=O)OC(=O)C3)cc2)CC(=O)O1.C=C1CC(c2ccc(-c3ccc(C4CC(=O)OC(=O)C4)cc3)cc2)CC(=O)O1.C=C1CC(c2ccc(C3CC(=O)OC(=O)C3)cc2)CC(=O)O1. The molecular weight excluding hydrogens is 961 g/mol. The predicted octanol–water partition coefficient (Wildman–Crippen LogP) is 10.4. The molecule has 0 N–H and O–H groups in total. The lowest BCUT2D eigenvalue weighted by molar-refractivity contribution is -0.167. The number of rotatable bonds is 7. The zero-order chi connectivity index (χ0) is 52.9. The Morgan fingerprint density at radius 2 is 0.560 bits per heavy atom. The van der Waals surface area contributed by atoms with Crippen molar-refractivity contribution in [3.8, 4) is 11.1 Å². The highest BCUT2D eigenvalue weighted by atomic mass is 16.6. The molecular formula is C60H60O15. The summed E-state index contributed by atoms with van der Waals surface area (Å²) in [5, 5.41) is 0. The fraction of sp³-hybridized carbons (Fsp3) is 0.350. The van der Waals surface area contributed by atoms with Crippen molar-refractivity contribution in [2.45, 2.75) is 133 Å². The molecule has 6 saturated heterocycles. The molecule has 4 aromatic rings. The second kappa shape index (κ2) is 23.0. The molecule has 0 aromatic heterocycles. The molecule has 6 fully saturated rings. The maximum atomic E-state index is 11.7. The third-order valence-electron chi connectivity index (χ3n) is 14.3. The van der Waals surface area contributed by atoms with E-state index < -0.39 is 41.2 Å². The highest BCUT2D eigenvalue weighted by Crippen LogP contribution is 2.42. The monoisotopic (exact) mass is 1020 g/mol. The minimum Gasteiger partial charge on any atom is -0.432 e. The first-order valence-corrected chi connectivity index (χ1v) is 24.5. The van der Waals surface area contributed by atoms with Crippen molar-refractivity contribution in [1.82, 2.24) is 0 Å². The van der Waals surface area contributed by atoms with Gasteiger partial charge in [0.1, 0.15) is 17.3 Å². The number of hydrogen-bond donors (Lipinski definition) is 0. The summed E-state index contributed by atoms with van der Waals surface area (Å²) < 4.78 is 28.8. The van der Waals surface area contributed by atoms with Crippen molar-refractivity contribution in [2.24, 2.45) is 0 Å². The van der Waals surface area contributed by atoms with E-state index in [0.29, 0.717) is 55.8 Å². The van der Waals surface area contributed by atoms with E-state index in [9.17, 15) is 43.2 Å². The smallest absolute Gasteiger partial charge is 0.314 e. The summed E-state index contributed by atoms with van der Waals surface area (Å²) in [4.78, 5) is 104. The molecule has 0 bridgehead atoms. The van der Waals surface area contributed by atoms with Crippen molar-refractivity contribution in [3.05, 3.63) is 167 Å². The molecule has 10 rings (SSSR count). The van der Waals surface area contributed by atoms with Crippen LogP contribution in [0.25, 0.3) is 11.1 Å². The number of ether oxygens (including phenoxy) is 6. The normalized spacial score (nSPS) is 23.1. The maximum Gasteiger partial charge on any atom is 0.314 e. The lowest BCUT2D eigenvalue weighted by Crippen LogP contribution is -2.37. The van der Waals surface area contributed by atoms with E-state index >= 15 is 0 Å². The fourth-order valence-corrected chi connectivity index (χ4v) is 10.5. The van der Waals surface area contributed by atoms with Gasteiger partial charge in [-0.15, -0.1) is 0 Å². The van der Waals surface area contributed by atoms with Gasteiger partial charge in [0.05, 0.1) is 57.8 Å². The third-order valence-corrected chi connectivity index (χ3v) is 14.3. The second-order valence-corrected chi connectivity index (χ2v) is 20.3. The van der Waals surface area contributed by atoms with Crippen molar-refractivity contribution in [2.75, 3.05) is 0 Å². The molecule has 15 heteroatoms. The van der Waals surface area contributed by atoms with Crippen LogP contribution in [0, 0.1) is 0 Å². The first-order valence-electron chi connectivity index (χ1n) is 24.5. The lowest BCUT2D eigenvalue weighted by Gasteiger charge is -2.35. The number of esters is 9. The average molecular weight is 1020 g/mol. The highest BCUT2D eigenvalue weighted by molar-refractivity contribution is 5.91. The van der Waals surface area contributed by atoms with Gasteiger partial charge in [0.25, 0.3) is 0 Å². The number of carbonyl (C=O) groups excluding carboxylic acids is 9. The first-order chi connectivity index (χ1) is 35.2. The molecule has 0 saturated carbocycles. The molecule has 390 valence electrons. The van der Waals surface area contributed by atoms with Gasteiger partial charge in [0, 0.05) is 53.8 Å². The van der Waals surface area contributed by atoms with Gasteiger partial charge >= 0.3 is 53.7 Å². The Labute approximate surface area is 435 Å². The van der Waals surface area contributed by atoms with Gasteiger partial charge in [-0.25, -0.2) is 0 Å². The fourth-order valence-electron chi connectivity index (χ4n) is 10.5. The van der Waals surface area contributed by atoms with Crippen LogP contribution < -0.4 is 0 Å². The predicted molar refractivity (Wildman–Crippen MR) is 272 cm³/mol. The van der Waals surface area contributed by atoms with Gasteiger partial charge in [-0.2, -0.15) is 0 Å². The summed E-state index contributed by atoms with van der Waals surface area (Å²) in [7, 11) is 0. The Hall–Kier alpha value is -8.07. The highest BCUT2D eigenvalue weighted by Gasteiger charge is 2.41. The summed E-state index contributed by atoms with van der Waals surface area (Å²) in [5.41, 5.74) is 7.15. The Morgan fingerprint density at radius 3 is 0.867 bits per heavy atom. The quantitative estimate of drug-likeness (QED) is 0.0958. The summed E-state index contributed by atoms with van der Waals surface area (Å²) in [6, 6.07) is 31.5. The molecule has 4 aromatic carbocycles. The minimum atomic E-state index is -0.555. The van der Waals surface area contributed by atoms with Crippen molar-refractivity contribution >= 4 is 53.7 Å². The van der Waals surface area contributed by atoms with E-state index in [2.05, 4.69) is 33.9 Å². The molecule has 6 aliphatic rings. The van der Waals surface area contributed by atoms with Gasteiger partial charge < -0.3 is 28.4 Å². The van der Waals surface area contributed by atoms with Crippen LogP contribution in [0.1, 0.15) is 155 Å². The van der Waals surface area contributed by atoms with Crippen molar-refractivity contribution in [1.29, 1.82) is 0 Å². The molecule has 3 atom stereocenters. The van der Waals surface area contributed by atoms with E-state index in [0.717, 1.165) is 44.5 Å². The molecule has 6 heterocycles. The van der Waals surface area contributed by atoms with Crippen molar-refractivity contribution in [3.63, 3.8) is 0 Å². The van der Waals surface area contributed by atoms with Crippen molar-refractivity contribution < 1.29 is 71.6 Å². The average Bonchev–Trinajstić information content (AvgIpc) is 3.33. The van der Waals surface area contributed by atoms with E-state index in [1.54, 1.807) is 0 Å². The number of hydrogen-bond acceptors (Lipinski definition) is 15. The van der Waals surface area contributed by atoms with Crippen LogP contribution in [-0.2, 0) is 82.4 Å². The summed E-state index contributed by atoms with van der Waals surface area (Å²) in [6.07, 6.45) is 4.13. The van der Waals surface area contributed by atoms with E-state index in [4.69, 9.17) is 14.2 Å². The van der Waals surface area contributed by atoms with Gasteiger partial charge in [0.15, 0.2) is 0 Å². The maximum absolute atomic E-state index is 11.7. The van der Waals surface area contributed by atoms with Crippen LogP contribution in [0.4, 0.5) is 0 Å². The molecule has 0 radical (unpaired) electrons. The standard InChI is InChI=1S/C23H20O5.C19H20O5.C17H16O5.CH4/c1-14-10-19(11-21(24)27-14)17-6-2-15(3-7-17)16-4-8-18(9-5-16)20-12-22(25)28-23(26)13-20;1-12-8-18(2,9-15(20)23-12)13-4-6-14(7-5-13)19(3)10-16(21)24-17(22)11-19;1-10-6-13(7-15(18)21-10)11-2-4-12(5-3-11)14-8-16(19)22-17(20)9-14;/h2-9,19-20H,1,10-13H2;4-7H,1,8-11H2,2-3H3;2-5,13-14H,1,6-9H2;1H4. The molecule has 0 aliphatic carbocycles. The number of allylic oxidation sites excluding steroid dienone is 3. The Bertz CT molecular complexity index is 2650. The molecule has 0 spiro atoms. The van der Waals surface area contributed by atoms with Gasteiger partial charge in [-0.05, 0) is 44.5 Å². The minimum absolute atomic E-state index is 0. The van der Waals surface area contributed by atoms with Gasteiger partial charge in [0.2, 0.25) is 0 Å². The number of benzene rings is 4. The second-order valence-electron chi connectivity index (χ2n) is 20.3. The number of carbonyl (C=O) groups is 9. The largest absolute Gasteiger partial charge is 0.432 e. The van der Waals surface area contributed by atoms with Crippen LogP contribution >= 0.6 is 0 Å². The zero-order valence-corrected chi connectivity index (χ0v) is 41.3. The summed E-state index contributed by atoms with van der Waals surface area (Å²) in [6.45, 7) is 15.2. The molecule has 0 amide bonds. The van der Waals surface area contributed by atoms with Crippen LogP contribution in [0.5, 0.6) is 0 Å². The Balaban J connectivity index is 0.000000164. The zero-order valence-electron chi connectivity index (χ0n) is 41.3. The number of cyclic esters (lactones) is 9. The summed E-state index contributed by atoms with van der Waals surface area (Å²) >= 11 is 0. The van der Waals surface area contributed by atoms with E-state index in [-0.39, 0.29) is 92.9 Å². The van der Waals surface area contributed by atoms with Crippen LogP contribution in [-0.4, -0.2) is 53.7 Å². The van der Waals surface area contributed by atoms with Gasteiger partial charge in [-0.3, -0.25) is 43.2 Å². The molecule has 3 unspecified atom stereocenters. The molecule has 15 nitrogen and oxygen atoms in total. The Morgan fingerprint density at radius 1 is 0.320 bits per heavy atom. The Kier molecular flexibility index (Phi) is 16.8.